The number of carbonyl (C=O) groups is 3. The minimum Gasteiger partial charge on any atom is -0.466 e. The summed E-state index contributed by atoms with van der Waals surface area (Å²) in [6.07, 6.45) is 2.38. The number of nitrogens with zero attached hydrogens (tertiary/aromatic N) is 3. The highest BCUT2D eigenvalue weighted by molar-refractivity contribution is 6.16. The van der Waals surface area contributed by atoms with Gasteiger partial charge in [-0.05, 0) is 38.3 Å². The van der Waals surface area contributed by atoms with E-state index in [0.29, 0.717) is 44.6 Å². The molecule has 0 radical (unpaired) electrons. The maximum atomic E-state index is 12.1. The molecule has 0 aliphatic carbocycles. The number of nitro groups is 1. The Morgan fingerprint density at radius 3 is 2.61 bits per heavy atom. The fourth-order valence-electron chi connectivity index (χ4n) is 3.75. The van der Waals surface area contributed by atoms with Gasteiger partial charge >= 0.3 is 5.97 Å². The summed E-state index contributed by atoms with van der Waals surface area (Å²) in [6, 6.07) is 4.37. The predicted octanol–water partition coefficient (Wildman–Crippen LogP) is 2.42. The fourth-order valence-corrected chi connectivity index (χ4v) is 3.75. The van der Waals surface area contributed by atoms with Gasteiger partial charge in [0.25, 0.3) is 5.69 Å². The van der Waals surface area contributed by atoms with E-state index in [1.54, 1.807) is 24.0 Å². The minimum absolute atomic E-state index is 0.187. The van der Waals surface area contributed by atoms with Gasteiger partial charge in [0.2, 0.25) is 11.8 Å². The molecular weight excluding hydrogens is 366 g/mol. The largest absolute Gasteiger partial charge is 0.466 e. The molecular formula is C19H23N3O6. The second-order valence-corrected chi connectivity index (χ2v) is 6.94. The first kappa shape index (κ1) is 19.8. The quantitative estimate of drug-likeness (QED) is 0.329. The average molecular weight is 389 g/mol. The smallest absolute Gasteiger partial charge is 0.310 e. The van der Waals surface area contributed by atoms with E-state index in [-0.39, 0.29) is 47.9 Å². The van der Waals surface area contributed by atoms with Crippen LogP contribution in [0.1, 0.15) is 39.0 Å². The summed E-state index contributed by atoms with van der Waals surface area (Å²) >= 11 is 0. The zero-order chi connectivity index (χ0) is 20.3. The topological polar surface area (TPSA) is 110 Å². The molecule has 0 N–H and O–H groups in total. The summed E-state index contributed by atoms with van der Waals surface area (Å²) in [5, 5.41) is 11.7. The molecule has 150 valence electrons. The van der Waals surface area contributed by atoms with Crippen molar-refractivity contribution in [3.8, 4) is 0 Å². The second-order valence-electron chi connectivity index (χ2n) is 6.94. The van der Waals surface area contributed by atoms with Crippen LogP contribution in [-0.2, 0) is 19.1 Å². The number of hydrogen-bond acceptors (Lipinski definition) is 7. The van der Waals surface area contributed by atoms with Gasteiger partial charge in [-0.25, -0.2) is 0 Å². The number of esters is 1. The standard InChI is InChI=1S/C19H23N3O6/c1-2-28-19(25)13-5-4-10-20(12-13)15-9-8-14(11-16(15)22(26)27)21-17(23)6-3-7-18(21)24/h8-9,11,13H,2-7,10,12H2,1H3/t13-/m0/s1. The summed E-state index contributed by atoms with van der Waals surface area (Å²) in [4.78, 5) is 50.3. The molecule has 2 saturated heterocycles. The number of amides is 2. The molecule has 1 aromatic carbocycles. The number of piperidine rings is 2. The Hall–Kier alpha value is -2.97. The van der Waals surface area contributed by atoms with Crippen molar-refractivity contribution in [3.05, 3.63) is 28.3 Å². The van der Waals surface area contributed by atoms with Gasteiger partial charge < -0.3 is 9.64 Å². The Bertz CT molecular complexity index is 793. The number of nitro benzene ring substituents is 1. The lowest BCUT2D eigenvalue weighted by Gasteiger charge is -2.33. The molecule has 9 nitrogen and oxygen atoms in total. The molecule has 0 saturated carbocycles. The van der Waals surface area contributed by atoms with E-state index in [2.05, 4.69) is 0 Å². The van der Waals surface area contributed by atoms with Crippen LogP contribution in [0.15, 0.2) is 18.2 Å². The molecule has 0 bridgehead atoms. The van der Waals surface area contributed by atoms with E-state index in [1.807, 2.05) is 0 Å². The Balaban J connectivity index is 1.89. The summed E-state index contributed by atoms with van der Waals surface area (Å²) in [5.41, 5.74) is 0.400. The average Bonchev–Trinajstić information content (AvgIpc) is 2.68. The van der Waals surface area contributed by atoms with Gasteiger partial charge in [-0.15, -0.1) is 0 Å². The first-order valence-corrected chi connectivity index (χ1v) is 9.48. The van der Waals surface area contributed by atoms with Crippen molar-refractivity contribution >= 4 is 34.8 Å². The van der Waals surface area contributed by atoms with E-state index in [4.69, 9.17) is 4.74 Å². The third-order valence-corrected chi connectivity index (χ3v) is 5.08. The van der Waals surface area contributed by atoms with Crippen molar-refractivity contribution in [2.24, 2.45) is 5.92 Å². The first-order valence-electron chi connectivity index (χ1n) is 9.48. The van der Waals surface area contributed by atoms with Crippen LogP contribution in [-0.4, -0.2) is 42.4 Å². The number of anilines is 2. The SMILES string of the molecule is CCOC(=O)[C@H]1CCCN(c2ccc(N3C(=O)CCCC3=O)cc2[N+](=O)[O-])C1. The van der Waals surface area contributed by atoms with Gasteiger partial charge in [0, 0.05) is 32.0 Å². The molecule has 28 heavy (non-hydrogen) atoms. The zero-order valence-corrected chi connectivity index (χ0v) is 15.8. The van der Waals surface area contributed by atoms with Crippen LogP contribution in [0.3, 0.4) is 0 Å². The first-order chi connectivity index (χ1) is 13.4. The molecule has 2 amide bonds. The number of carbonyl (C=O) groups excluding carboxylic acids is 3. The Labute approximate surface area is 162 Å². The molecule has 0 spiro atoms. The van der Waals surface area contributed by atoms with Crippen LogP contribution in [0.4, 0.5) is 17.1 Å². The van der Waals surface area contributed by atoms with E-state index in [9.17, 15) is 24.5 Å². The van der Waals surface area contributed by atoms with Crippen molar-refractivity contribution in [1.82, 2.24) is 0 Å². The van der Waals surface area contributed by atoms with Gasteiger partial charge in [-0.2, -0.15) is 0 Å². The summed E-state index contributed by atoms with van der Waals surface area (Å²) < 4.78 is 5.08. The molecule has 2 aliphatic rings. The fraction of sp³-hybridized carbons (Fsp3) is 0.526. The molecule has 1 atom stereocenters. The van der Waals surface area contributed by atoms with E-state index < -0.39 is 4.92 Å². The molecule has 2 heterocycles. The summed E-state index contributed by atoms with van der Waals surface area (Å²) in [7, 11) is 0. The van der Waals surface area contributed by atoms with Gasteiger partial charge in [0.05, 0.1) is 23.1 Å². The van der Waals surface area contributed by atoms with Crippen molar-refractivity contribution in [2.75, 3.05) is 29.5 Å². The summed E-state index contributed by atoms with van der Waals surface area (Å²) in [5.74, 6) is -1.33. The van der Waals surface area contributed by atoms with E-state index >= 15 is 0 Å². The summed E-state index contributed by atoms with van der Waals surface area (Å²) in [6.45, 7) is 2.95. The maximum absolute atomic E-state index is 12.1. The highest BCUT2D eigenvalue weighted by Crippen LogP contribution is 2.36. The van der Waals surface area contributed by atoms with Crippen LogP contribution >= 0.6 is 0 Å². The lowest BCUT2D eigenvalue weighted by Crippen LogP contribution is -2.41. The Morgan fingerprint density at radius 2 is 1.96 bits per heavy atom. The zero-order valence-electron chi connectivity index (χ0n) is 15.8. The third-order valence-electron chi connectivity index (χ3n) is 5.08. The molecule has 0 aromatic heterocycles. The highest BCUT2D eigenvalue weighted by Gasteiger charge is 2.32. The molecule has 0 unspecified atom stereocenters. The Morgan fingerprint density at radius 1 is 1.25 bits per heavy atom. The van der Waals surface area contributed by atoms with Crippen LogP contribution in [0, 0.1) is 16.0 Å². The molecule has 3 rings (SSSR count). The number of hydrogen-bond donors (Lipinski definition) is 0. The van der Waals surface area contributed by atoms with Crippen molar-refractivity contribution in [2.45, 2.75) is 39.0 Å². The minimum atomic E-state index is -0.522. The van der Waals surface area contributed by atoms with Gasteiger partial charge in [-0.1, -0.05) is 0 Å². The lowest BCUT2D eigenvalue weighted by atomic mass is 9.97. The van der Waals surface area contributed by atoms with Crippen LogP contribution in [0.5, 0.6) is 0 Å². The predicted molar refractivity (Wildman–Crippen MR) is 101 cm³/mol. The van der Waals surface area contributed by atoms with Gasteiger partial charge in [0.1, 0.15) is 5.69 Å². The van der Waals surface area contributed by atoms with Crippen molar-refractivity contribution < 1.29 is 24.0 Å². The van der Waals surface area contributed by atoms with Crippen molar-refractivity contribution in [3.63, 3.8) is 0 Å². The van der Waals surface area contributed by atoms with Crippen LogP contribution in [0.25, 0.3) is 0 Å². The second kappa shape index (κ2) is 8.37. The normalized spacial score (nSPS) is 20.2. The molecule has 2 fully saturated rings. The van der Waals surface area contributed by atoms with Crippen LogP contribution in [0.2, 0.25) is 0 Å². The van der Waals surface area contributed by atoms with Gasteiger partial charge in [-0.3, -0.25) is 29.4 Å². The van der Waals surface area contributed by atoms with Crippen LogP contribution < -0.4 is 9.80 Å². The number of rotatable bonds is 5. The van der Waals surface area contributed by atoms with Crippen molar-refractivity contribution in [1.29, 1.82) is 0 Å². The number of benzene rings is 1. The molecule has 2 aliphatic heterocycles. The molecule has 9 heteroatoms. The Kier molecular flexibility index (Phi) is 5.91. The number of imide groups is 1. The third kappa shape index (κ3) is 3.97. The number of ether oxygens (including phenoxy) is 1. The monoisotopic (exact) mass is 389 g/mol. The van der Waals surface area contributed by atoms with Gasteiger partial charge in [0.15, 0.2) is 0 Å². The van der Waals surface area contributed by atoms with E-state index in [0.717, 1.165) is 4.90 Å². The van der Waals surface area contributed by atoms with E-state index in [1.165, 1.54) is 6.07 Å². The maximum Gasteiger partial charge on any atom is 0.310 e. The highest BCUT2D eigenvalue weighted by atomic mass is 16.6. The lowest BCUT2D eigenvalue weighted by molar-refractivity contribution is -0.384. The molecule has 1 aromatic rings.